The quantitative estimate of drug-likeness (QED) is 0.490. The summed E-state index contributed by atoms with van der Waals surface area (Å²) in [5.74, 6) is 0.292. The first-order chi connectivity index (χ1) is 14.2. The van der Waals surface area contributed by atoms with E-state index in [0.29, 0.717) is 22.5 Å². The molecule has 0 bridgehead atoms. The van der Waals surface area contributed by atoms with Crippen LogP contribution in [0.3, 0.4) is 0 Å². The van der Waals surface area contributed by atoms with Crippen LogP contribution in [0.15, 0.2) is 47.4 Å². The summed E-state index contributed by atoms with van der Waals surface area (Å²) in [7, 11) is 0. The lowest BCUT2D eigenvalue weighted by Crippen LogP contribution is -2.48. The Hall–Kier alpha value is -1.69. The second-order valence-electron chi connectivity index (χ2n) is 7.69. The Bertz CT molecular complexity index is 872. The van der Waals surface area contributed by atoms with Crippen LogP contribution < -0.4 is 5.32 Å². The van der Waals surface area contributed by atoms with E-state index < -0.39 is 6.04 Å². The maximum absolute atomic E-state index is 13.1. The normalized spacial score (nSPS) is 12.0. The molecule has 1 atom stereocenters. The van der Waals surface area contributed by atoms with Crippen LogP contribution in [0.1, 0.15) is 31.9 Å². The molecular formula is C23H28Cl2N2O2S. The number of hydrogen-bond acceptors (Lipinski definition) is 3. The molecule has 0 aliphatic heterocycles. The number of amides is 2. The van der Waals surface area contributed by atoms with Gasteiger partial charge in [0, 0.05) is 18.0 Å². The van der Waals surface area contributed by atoms with Crippen LogP contribution in [-0.2, 0) is 16.1 Å². The highest BCUT2D eigenvalue weighted by atomic mass is 35.5. The summed E-state index contributed by atoms with van der Waals surface area (Å²) in [5.41, 5.74) is 1.99. The van der Waals surface area contributed by atoms with Crippen molar-refractivity contribution in [3.63, 3.8) is 0 Å². The van der Waals surface area contributed by atoms with Crippen LogP contribution in [-0.4, -0.2) is 35.1 Å². The first-order valence-corrected chi connectivity index (χ1v) is 11.6. The largest absolute Gasteiger partial charge is 0.354 e. The molecule has 0 aliphatic rings. The number of nitrogens with one attached hydrogen (secondary N) is 1. The van der Waals surface area contributed by atoms with Crippen LogP contribution in [0.25, 0.3) is 0 Å². The number of nitrogens with zero attached hydrogens (tertiary/aromatic N) is 1. The van der Waals surface area contributed by atoms with Gasteiger partial charge in [-0.25, -0.2) is 0 Å². The van der Waals surface area contributed by atoms with Gasteiger partial charge in [-0.2, -0.15) is 0 Å². The second kappa shape index (κ2) is 11.6. The molecule has 0 fully saturated rings. The summed E-state index contributed by atoms with van der Waals surface area (Å²) in [4.78, 5) is 28.4. The smallest absolute Gasteiger partial charge is 0.242 e. The molecule has 2 aromatic carbocycles. The van der Waals surface area contributed by atoms with Gasteiger partial charge in [0.05, 0.1) is 15.8 Å². The van der Waals surface area contributed by atoms with Gasteiger partial charge in [-0.05, 0) is 49.6 Å². The molecule has 0 saturated carbocycles. The highest BCUT2D eigenvalue weighted by Crippen LogP contribution is 2.25. The molecule has 4 nitrogen and oxygen atoms in total. The van der Waals surface area contributed by atoms with Crippen molar-refractivity contribution in [1.29, 1.82) is 0 Å². The summed E-state index contributed by atoms with van der Waals surface area (Å²) in [6, 6.07) is 12.7. The van der Waals surface area contributed by atoms with E-state index >= 15 is 0 Å². The van der Waals surface area contributed by atoms with Gasteiger partial charge in [0.25, 0.3) is 0 Å². The SMILES string of the molecule is Cc1ccc(SCC(=O)N(Cc2ccc(Cl)c(Cl)c2)[C@H](C)C(=O)NCC(C)C)cc1. The van der Waals surface area contributed by atoms with E-state index in [4.69, 9.17) is 23.2 Å². The first kappa shape index (κ1) is 24.6. The average molecular weight is 467 g/mol. The lowest BCUT2D eigenvalue weighted by molar-refractivity contribution is -0.138. The molecule has 0 aromatic heterocycles. The third kappa shape index (κ3) is 7.53. The zero-order chi connectivity index (χ0) is 22.3. The Morgan fingerprint density at radius 2 is 1.70 bits per heavy atom. The Kier molecular flexibility index (Phi) is 9.53. The fourth-order valence-corrected chi connectivity index (χ4v) is 3.84. The molecule has 2 rings (SSSR count). The van der Waals surface area contributed by atoms with Crippen LogP contribution in [0.5, 0.6) is 0 Å². The fraction of sp³-hybridized carbons (Fsp3) is 0.391. The van der Waals surface area contributed by atoms with Crippen LogP contribution in [0.2, 0.25) is 10.0 Å². The van der Waals surface area contributed by atoms with Crippen molar-refractivity contribution in [3.8, 4) is 0 Å². The van der Waals surface area contributed by atoms with E-state index in [1.54, 1.807) is 24.0 Å². The predicted octanol–water partition coefficient (Wildman–Crippen LogP) is 5.58. The maximum atomic E-state index is 13.1. The van der Waals surface area contributed by atoms with Crippen LogP contribution in [0.4, 0.5) is 0 Å². The summed E-state index contributed by atoms with van der Waals surface area (Å²) in [6.45, 7) is 8.68. The van der Waals surface area contributed by atoms with Gasteiger partial charge in [-0.1, -0.05) is 60.8 Å². The lowest BCUT2D eigenvalue weighted by Gasteiger charge is -2.29. The molecule has 0 saturated heterocycles. The predicted molar refractivity (Wildman–Crippen MR) is 126 cm³/mol. The lowest BCUT2D eigenvalue weighted by atomic mass is 10.1. The number of hydrogen-bond donors (Lipinski definition) is 1. The third-order valence-corrected chi connectivity index (χ3v) is 6.31. The van der Waals surface area contributed by atoms with E-state index in [2.05, 4.69) is 5.32 Å². The molecule has 0 spiro atoms. The van der Waals surface area contributed by atoms with Gasteiger partial charge < -0.3 is 10.2 Å². The van der Waals surface area contributed by atoms with Crippen molar-refractivity contribution in [2.45, 2.75) is 45.2 Å². The van der Waals surface area contributed by atoms with Gasteiger partial charge in [-0.3, -0.25) is 9.59 Å². The first-order valence-electron chi connectivity index (χ1n) is 9.88. The minimum atomic E-state index is -0.607. The van der Waals surface area contributed by atoms with Gasteiger partial charge in [0.1, 0.15) is 6.04 Å². The Balaban J connectivity index is 2.15. The Morgan fingerprint density at radius 3 is 2.30 bits per heavy atom. The van der Waals surface area contributed by atoms with E-state index in [-0.39, 0.29) is 24.1 Å². The highest BCUT2D eigenvalue weighted by Gasteiger charge is 2.26. The fourth-order valence-electron chi connectivity index (χ4n) is 2.73. The van der Waals surface area contributed by atoms with Crippen molar-refractivity contribution < 1.29 is 9.59 Å². The molecule has 1 N–H and O–H groups in total. The second-order valence-corrected chi connectivity index (χ2v) is 9.55. The third-order valence-electron chi connectivity index (χ3n) is 4.57. The standard InChI is InChI=1S/C23H28Cl2N2O2S/c1-15(2)12-26-23(29)17(4)27(13-18-7-10-20(24)21(25)11-18)22(28)14-30-19-8-5-16(3)6-9-19/h5-11,15,17H,12-14H2,1-4H3,(H,26,29)/t17-/m1/s1. The molecule has 0 radical (unpaired) electrons. The molecule has 0 heterocycles. The number of halogens is 2. The highest BCUT2D eigenvalue weighted by molar-refractivity contribution is 8.00. The van der Waals surface area contributed by atoms with Gasteiger partial charge in [0.15, 0.2) is 0 Å². The number of thioether (sulfide) groups is 1. The van der Waals surface area contributed by atoms with Crippen molar-refractivity contribution in [2.75, 3.05) is 12.3 Å². The molecule has 30 heavy (non-hydrogen) atoms. The topological polar surface area (TPSA) is 49.4 Å². The zero-order valence-electron chi connectivity index (χ0n) is 17.7. The van der Waals surface area contributed by atoms with Crippen molar-refractivity contribution >= 4 is 46.8 Å². The number of rotatable bonds is 9. The number of aryl methyl sites for hydroxylation is 1. The van der Waals surface area contributed by atoms with Crippen molar-refractivity contribution in [3.05, 3.63) is 63.6 Å². The minimum absolute atomic E-state index is 0.112. The number of carbonyl (C=O) groups is 2. The molecule has 162 valence electrons. The molecule has 2 amide bonds. The Labute approximate surface area is 193 Å². The molecule has 7 heteroatoms. The minimum Gasteiger partial charge on any atom is -0.354 e. The summed E-state index contributed by atoms with van der Waals surface area (Å²) >= 11 is 13.6. The molecule has 0 unspecified atom stereocenters. The monoisotopic (exact) mass is 466 g/mol. The van der Waals surface area contributed by atoms with E-state index in [1.807, 2.05) is 51.1 Å². The molecule has 0 aliphatic carbocycles. The number of carbonyl (C=O) groups excluding carboxylic acids is 2. The van der Waals surface area contributed by atoms with E-state index in [0.717, 1.165) is 10.5 Å². The van der Waals surface area contributed by atoms with Gasteiger partial charge in [-0.15, -0.1) is 11.8 Å². The maximum Gasteiger partial charge on any atom is 0.242 e. The average Bonchev–Trinajstić information content (AvgIpc) is 2.71. The summed E-state index contributed by atoms with van der Waals surface area (Å²) in [6.07, 6.45) is 0. The van der Waals surface area contributed by atoms with Crippen LogP contribution >= 0.6 is 35.0 Å². The van der Waals surface area contributed by atoms with E-state index in [9.17, 15) is 9.59 Å². The van der Waals surface area contributed by atoms with Gasteiger partial charge >= 0.3 is 0 Å². The van der Waals surface area contributed by atoms with Crippen molar-refractivity contribution in [2.24, 2.45) is 5.92 Å². The van der Waals surface area contributed by atoms with Gasteiger partial charge in [0.2, 0.25) is 11.8 Å². The summed E-state index contributed by atoms with van der Waals surface area (Å²) < 4.78 is 0. The molecular weight excluding hydrogens is 439 g/mol. The zero-order valence-corrected chi connectivity index (χ0v) is 20.1. The molecule has 2 aromatic rings. The Morgan fingerprint density at radius 1 is 1.03 bits per heavy atom. The van der Waals surface area contributed by atoms with Crippen molar-refractivity contribution in [1.82, 2.24) is 10.2 Å². The van der Waals surface area contributed by atoms with E-state index in [1.165, 1.54) is 17.3 Å². The number of benzene rings is 2. The van der Waals surface area contributed by atoms with Crippen LogP contribution in [0, 0.1) is 12.8 Å². The summed E-state index contributed by atoms with van der Waals surface area (Å²) in [5, 5.41) is 3.79.